The lowest BCUT2D eigenvalue weighted by atomic mass is 9.99. The third-order valence-corrected chi connectivity index (χ3v) is 4.54. The number of fused-ring (bicyclic) bond motifs is 1. The number of aryl methyl sites for hydroxylation is 1. The van der Waals surface area contributed by atoms with Crippen molar-refractivity contribution in [1.82, 2.24) is 5.32 Å². The summed E-state index contributed by atoms with van der Waals surface area (Å²) in [7, 11) is 0. The van der Waals surface area contributed by atoms with Crippen LogP contribution in [-0.2, 0) is 6.42 Å². The second-order valence-corrected chi connectivity index (χ2v) is 5.48. The first-order chi connectivity index (χ1) is 7.86. The Labute approximate surface area is 103 Å². The Morgan fingerprint density at radius 3 is 2.94 bits per heavy atom. The monoisotopic (exact) mass is 235 g/mol. The second kappa shape index (κ2) is 5.74. The summed E-state index contributed by atoms with van der Waals surface area (Å²) in [5.74, 6) is 0. The van der Waals surface area contributed by atoms with E-state index in [2.05, 4.69) is 42.8 Å². The first-order valence-electron chi connectivity index (χ1n) is 6.20. The molecule has 2 unspecified atom stereocenters. The third-order valence-electron chi connectivity index (χ3n) is 3.42. The molecule has 1 aliphatic rings. The molecule has 2 heteroatoms. The van der Waals surface area contributed by atoms with Gasteiger partial charge < -0.3 is 5.32 Å². The van der Waals surface area contributed by atoms with Gasteiger partial charge in [-0.05, 0) is 43.2 Å². The summed E-state index contributed by atoms with van der Waals surface area (Å²) in [5.41, 5.74) is 3.08. The predicted octanol–water partition coefficient (Wildman–Crippen LogP) is 3.41. The van der Waals surface area contributed by atoms with Gasteiger partial charge in [-0.15, -0.1) is 0 Å². The maximum atomic E-state index is 3.66. The Morgan fingerprint density at radius 1 is 1.38 bits per heavy atom. The van der Waals surface area contributed by atoms with Crippen molar-refractivity contribution in [3.8, 4) is 0 Å². The highest BCUT2D eigenvalue weighted by Crippen LogP contribution is 2.34. The van der Waals surface area contributed by atoms with Crippen molar-refractivity contribution in [2.45, 2.75) is 37.5 Å². The van der Waals surface area contributed by atoms with Gasteiger partial charge >= 0.3 is 0 Å². The van der Waals surface area contributed by atoms with Crippen molar-refractivity contribution in [2.24, 2.45) is 0 Å². The minimum Gasteiger partial charge on any atom is -0.309 e. The van der Waals surface area contributed by atoms with Crippen LogP contribution in [-0.4, -0.2) is 18.1 Å². The largest absolute Gasteiger partial charge is 0.309 e. The average Bonchev–Trinajstić information content (AvgIpc) is 2.50. The van der Waals surface area contributed by atoms with Gasteiger partial charge in [0.2, 0.25) is 0 Å². The molecule has 2 atom stereocenters. The van der Waals surface area contributed by atoms with Crippen molar-refractivity contribution in [1.29, 1.82) is 0 Å². The SMILES string of the molecule is CCNC1c2ccccc2CCCC1SC. The van der Waals surface area contributed by atoms with Crippen LogP contribution in [0.5, 0.6) is 0 Å². The van der Waals surface area contributed by atoms with Crippen LogP contribution in [0.4, 0.5) is 0 Å². The van der Waals surface area contributed by atoms with Gasteiger partial charge in [0.1, 0.15) is 0 Å². The Balaban J connectivity index is 2.33. The Kier molecular flexibility index (Phi) is 4.30. The Morgan fingerprint density at radius 2 is 2.19 bits per heavy atom. The molecule has 0 saturated carbocycles. The molecule has 0 heterocycles. The van der Waals surface area contributed by atoms with E-state index >= 15 is 0 Å². The highest BCUT2D eigenvalue weighted by Gasteiger charge is 2.25. The maximum absolute atomic E-state index is 3.66. The van der Waals surface area contributed by atoms with E-state index in [0.717, 1.165) is 11.8 Å². The molecular formula is C14H21NS. The molecule has 0 fully saturated rings. The molecule has 1 aromatic rings. The molecule has 16 heavy (non-hydrogen) atoms. The van der Waals surface area contributed by atoms with Gasteiger partial charge in [0.25, 0.3) is 0 Å². The number of hydrogen-bond donors (Lipinski definition) is 1. The zero-order valence-corrected chi connectivity index (χ0v) is 11.0. The van der Waals surface area contributed by atoms with E-state index < -0.39 is 0 Å². The first-order valence-corrected chi connectivity index (χ1v) is 7.49. The average molecular weight is 235 g/mol. The molecule has 0 radical (unpaired) electrons. The zero-order valence-electron chi connectivity index (χ0n) is 10.2. The van der Waals surface area contributed by atoms with Crippen molar-refractivity contribution < 1.29 is 0 Å². The van der Waals surface area contributed by atoms with Gasteiger partial charge in [0.05, 0.1) is 0 Å². The van der Waals surface area contributed by atoms with Crippen LogP contribution in [0.1, 0.15) is 36.9 Å². The van der Waals surface area contributed by atoms with Crippen LogP contribution in [0.15, 0.2) is 24.3 Å². The van der Waals surface area contributed by atoms with E-state index in [0.29, 0.717) is 6.04 Å². The molecule has 1 nitrogen and oxygen atoms in total. The Bertz CT molecular complexity index is 337. The topological polar surface area (TPSA) is 12.0 Å². The smallest absolute Gasteiger partial charge is 0.0443 e. The number of rotatable bonds is 3. The van der Waals surface area contributed by atoms with Crippen LogP contribution in [0.25, 0.3) is 0 Å². The second-order valence-electron chi connectivity index (χ2n) is 4.40. The molecule has 0 saturated heterocycles. The van der Waals surface area contributed by atoms with E-state index in [-0.39, 0.29) is 0 Å². The molecule has 0 aliphatic heterocycles. The molecule has 1 aromatic carbocycles. The number of hydrogen-bond acceptors (Lipinski definition) is 2. The minimum absolute atomic E-state index is 0.540. The summed E-state index contributed by atoms with van der Waals surface area (Å²) in [4.78, 5) is 0. The summed E-state index contributed by atoms with van der Waals surface area (Å²) in [6.07, 6.45) is 6.13. The van der Waals surface area contributed by atoms with E-state index in [1.165, 1.54) is 24.8 Å². The summed E-state index contributed by atoms with van der Waals surface area (Å²) in [6.45, 7) is 3.25. The molecule has 88 valence electrons. The molecule has 2 rings (SSSR count). The van der Waals surface area contributed by atoms with E-state index in [4.69, 9.17) is 0 Å². The van der Waals surface area contributed by atoms with E-state index in [1.807, 2.05) is 11.8 Å². The van der Waals surface area contributed by atoms with Crippen LogP contribution < -0.4 is 5.32 Å². The zero-order chi connectivity index (χ0) is 11.4. The quantitative estimate of drug-likeness (QED) is 0.806. The molecule has 1 aliphatic carbocycles. The molecule has 1 N–H and O–H groups in total. The molecule has 0 amide bonds. The summed E-state index contributed by atoms with van der Waals surface area (Å²) in [5, 5.41) is 4.39. The lowest BCUT2D eigenvalue weighted by Crippen LogP contribution is -2.29. The summed E-state index contributed by atoms with van der Waals surface area (Å²) < 4.78 is 0. The van der Waals surface area contributed by atoms with Crippen LogP contribution >= 0.6 is 11.8 Å². The maximum Gasteiger partial charge on any atom is 0.0443 e. The number of nitrogens with one attached hydrogen (secondary N) is 1. The van der Waals surface area contributed by atoms with Gasteiger partial charge in [-0.3, -0.25) is 0 Å². The molecule has 0 spiro atoms. The normalized spacial score (nSPS) is 24.9. The molecule has 0 aromatic heterocycles. The van der Waals surface area contributed by atoms with Gasteiger partial charge in [-0.25, -0.2) is 0 Å². The molecular weight excluding hydrogens is 214 g/mol. The lowest BCUT2D eigenvalue weighted by Gasteiger charge is -2.26. The van der Waals surface area contributed by atoms with Crippen molar-refractivity contribution in [3.05, 3.63) is 35.4 Å². The fourth-order valence-electron chi connectivity index (χ4n) is 2.64. The van der Waals surface area contributed by atoms with E-state index in [1.54, 1.807) is 5.56 Å². The van der Waals surface area contributed by atoms with Gasteiger partial charge in [-0.1, -0.05) is 31.2 Å². The predicted molar refractivity (Wildman–Crippen MR) is 73.1 cm³/mol. The standard InChI is InChI=1S/C14H21NS/c1-3-15-14-12-9-5-4-7-11(12)8-6-10-13(14)16-2/h4-5,7,9,13-15H,3,6,8,10H2,1-2H3. The van der Waals surface area contributed by atoms with Gasteiger partial charge in [0.15, 0.2) is 0 Å². The van der Waals surface area contributed by atoms with Gasteiger partial charge in [0, 0.05) is 11.3 Å². The summed E-state index contributed by atoms with van der Waals surface area (Å²) in [6, 6.07) is 9.48. The fraction of sp³-hybridized carbons (Fsp3) is 0.571. The number of benzene rings is 1. The highest BCUT2D eigenvalue weighted by molar-refractivity contribution is 7.99. The Hall–Kier alpha value is -0.470. The van der Waals surface area contributed by atoms with Crippen molar-refractivity contribution in [2.75, 3.05) is 12.8 Å². The number of thioether (sulfide) groups is 1. The van der Waals surface area contributed by atoms with Crippen LogP contribution in [0.2, 0.25) is 0 Å². The van der Waals surface area contributed by atoms with Crippen LogP contribution in [0.3, 0.4) is 0 Å². The third kappa shape index (κ3) is 2.44. The van der Waals surface area contributed by atoms with Crippen molar-refractivity contribution >= 4 is 11.8 Å². The van der Waals surface area contributed by atoms with E-state index in [9.17, 15) is 0 Å². The highest BCUT2D eigenvalue weighted by atomic mass is 32.2. The summed E-state index contributed by atoms with van der Waals surface area (Å²) >= 11 is 2.01. The lowest BCUT2D eigenvalue weighted by molar-refractivity contribution is 0.517. The fourth-order valence-corrected chi connectivity index (χ4v) is 3.56. The molecule has 0 bridgehead atoms. The van der Waals surface area contributed by atoms with Gasteiger partial charge in [-0.2, -0.15) is 11.8 Å². The van der Waals surface area contributed by atoms with Crippen LogP contribution in [0, 0.1) is 0 Å². The van der Waals surface area contributed by atoms with Crippen molar-refractivity contribution in [3.63, 3.8) is 0 Å². The first kappa shape index (κ1) is 12.0. The minimum atomic E-state index is 0.540.